The molecule has 0 atom stereocenters. The molecule has 0 spiro atoms. The minimum Gasteiger partial charge on any atom is -0.0988 e. The standard InChI is InChI=1S/C48H42.3C2H6.2CH4/c1-6-17-45(34(4)7-2)44(8-3)42-22-16-23-43(33-42)48(39-19-10-9-11-20-39)47-25-15-14-24-46(47)35(5)36-26-28-38(29-27-36)41-31-30-37-18-12-13-21-40(37)32-41;3*1-2;;/h6-33H,2H2,1,3-5H3;3*1-2H3;2*1H4/b17-6-,44-8-,45-34+,46-35+,48-47+;;;;;. The van der Waals surface area contributed by atoms with Gasteiger partial charge in [0.1, 0.15) is 0 Å². The van der Waals surface area contributed by atoms with Crippen LogP contribution in [0, 0.1) is 0 Å². The zero-order chi connectivity index (χ0) is 39.5. The van der Waals surface area contributed by atoms with E-state index in [1.807, 2.05) is 47.6 Å². The summed E-state index contributed by atoms with van der Waals surface area (Å²) in [7, 11) is 0. The first-order valence-electron chi connectivity index (χ1n) is 19.7. The second kappa shape index (κ2) is 25.4. The van der Waals surface area contributed by atoms with Crippen LogP contribution in [0.3, 0.4) is 0 Å². The Labute approximate surface area is 341 Å². The highest BCUT2D eigenvalue weighted by atomic mass is 14.2. The van der Waals surface area contributed by atoms with E-state index in [2.05, 4.69) is 198 Å². The summed E-state index contributed by atoms with van der Waals surface area (Å²) in [6, 6.07) is 52.8. The molecule has 0 amide bonds. The molecule has 0 aliphatic carbocycles. The van der Waals surface area contributed by atoms with Crippen LogP contribution in [-0.4, -0.2) is 0 Å². The maximum Gasteiger partial charge on any atom is -0.00325 e. The molecule has 6 rings (SSSR count). The van der Waals surface area contributed by atoms with Gasteiger partial charge in [0.15, 0.2) is 0 Å². The molecule has 0 saturated carbocycles. The summed E-state index contributed by atoms with van der Waals surface area (Å²) in [5, 5.41) is 4.96. The van der Waals surface area contributed by atoms with Crippen LogP contribution < -0.4 is 10.4 Å². The average Bonchev–Trinajstić information content (AvgIpc) is 3.26. The molecule has 0 N–H and O–H groups in total. The monoisotopic (exact) mass is 741 g/mol. The molecule has 0 heteroatoms. The Kier molecular flexibility index (Phi) is 21.9. The van der Waals surface area contributed by atoms with E-state index < -0.39 is 0 Å². The average molecular weight is 741 g/mol. The number of hydrogen-bond acceptors (Lipinski definition) is 0. The number of allylic oxidation sites excluding steroid dienone is 7. The third-order valence-corrected chi connectivity index (χ3v) is 9.17. The van der Waals surface area contributed by atoms with Crippen LogP contribution in [0.5, 0.6) is 0 Å². The highest BCUT2D eigenvalue weighted by Gasteiger charge is 2.13. The zero-order valence-electron chi connectivity index (χ0n) is 34.4. The van der Waals surface area contributed by atoms with Gasteiger partial charge in [0, 0.05) is 0 Å². The molecular formula is C56H68. The maximum atomic E-state index is 4.06. The summed E-state index contributed by atoms with van der Waals surface area (Å²) in [6.07, 6.45) is 8.42. The van der Waals surface area contributed by atoms with Crippen molar-refractivity contribution in [1.82, 2.24) is 0 Å². The van der Waals surface area contributed by atoms with Crippen LogP contribution in [0.4, 0.5) is 0 Å². The minimum absolute atomic E-state index is 0. The van der Waals surface area contributed by atoms with Gasteiger partial charge in [0.25, 0.3) is 0 Å². The Morgan fingerprint density at radius 1 is 0.482 bits per heavy atom. The van der Waals surface area contributed by atoms with Crippen molar-refractivity contribution in [1.29, 1.82) is 0 Å². The molecular weight excluding hydrogens is 673 g/mol. The van der Waals surface area contributed by atoms with E-state index in [4.69, 9.17) is 0 Å². The second-order valence-corrected chi connectivity index (χ2v) is 12.1. The molecule has 292 valence electrons. The largest absolute Gasteiger partial charge is 0.0988 e. The van der Waals surface area contributed by atoms with Crippen LogP contribution in [0.1, 0.15) is 106 Å². The number of hydrogen-bond donors (Lipinski definition) is 0. The van der Waals surface area contributed by atoms with Gasteiger partial charge in [0.05, 0.1) is 0 Å². The molecule has 0 aliphatic heterocycles. The predicted molar refractivity (Wildman–Crippen MR) is 257 cm³/mol. The van der Waals surface area contributed by atoms with Gasteiger partial charge in [-0.05, 0) is 122 Å². The first kappa shape index (κ1) is 48.3. The van der Waals surface area contributed by atoms with Crippen molar-refractivity contribution in [2.24, 2.45) is 0 Å². The fourth-order valence-corrected chi connectivity index (χ4v) is 6.58. The topological polar surface area (TPSA) is 0 Å². The van der Waals surface area contributed by atoms with Gasteiger partial charge in [-0.25, -0.2) is 0 Å². The highest BCUT2D eigenvalue weighted by Crippen LogP contribution is 2.31. The van der Waals surface area contributed by atoms with Crippen molar-refractivity contribution in [2.75, 3.05) is 0 Å². The van der Waals surface area contributed by atoms with Crippen LogP contribution in [0.2, 0.25) is 0 Å². The Morgan fingerprint density at radius 3 is 1.62 bits per heavy atom. The van der Waals surface area contributed by atoms with E-state index in [0.29, 0.717) is 0 Å². The molecule has 0 bridgehead atoms. The quantitative estimate of drug-likeness (QED) is 0.136. The predicted octanol–water partition coefficient (Wildman–Crippen LogP) is 15.8. The van der Waals surface area contributed by atoms with Crippen molar-refractivity contribution >= 4 is 27.5 Å². The third kappa shape index (κ3) is 11.6. The van der Waals surface area contributed by atoms with E-state index in [-0.39, 0.29) is 14.9 Å². The summed E-state index contributed by atoms with van der Waals surface area (Å²) in [5.41, 5.74) is 13.2. The van der Waals surface area contributed by atoms with Crippen molar-refractivity contribution < 1.29 is 0 Å². The summed E-state index contributed by atoms with van der Waals surface area (Å²) >= 11 is 0. The van der Waals surface area contributed by atoms with E-state index in [1.54, 1.807) is 0 Å². The van der Waals surface area contributed by atoms with Crippen LogP contribution in [0.25, 0.3) is 38.6 Å². The molecule has 0 radical (unpaired) electrons. The molecule has 6 aromatic carbocycles. The third-order valence-electron chi connectivity index (χ3n) is 9.17. The van der Waals surface area contributed by atoms with Gasteiger partial charge in [-0.1, -0.05) is 221 Å². The fraction of sp³-hybridized carbons (Fsp3) is 0.214. The highest BCUT2D eigenvalue weighted by molar-refractivity contribution is 5.88. The molecule has 6 aromatic rings. The molecule has 56 heavy (non-hydrogen) atoms. The Hall–Kier alpha value is -5.72. The van der Waals surface area contributed by atoms with Gasteiger partial charge in [-0.2, -0.15) is 0 Å². The molecule has 0 fully saturated rings. The van der Waals surface area contributed by atoms with Crippen LogP contribution in [-0.2, 0) is 0 Å². The lowest BCUT2D eigenvalue weighted by atomic mass is 9.88. The van der Waals surface area contributed by atoms with Gasteiger partial charge in [-0.15, -0.1) is 0 Å². The van der Waals surface area contributed by atoms with Crippen molar-refractivity contribution in [3.05, 3.63) is 220 Å². The SMILES string of the molecule is C.C.C=C/C(C)=C(\C=C/C)C(=C\C)/c1cccc(/C(c2ccccc2)=c2\cccc\c2=C(\C)c2ccc(-c3ccc4ccccc4c3)cc2)c1.CC.CC.CC. The van der Waals surface area contributed by atoms with E-state index in [9.17, 15) is 0 Å². The van der Waals surface area contributed by atoms with E-state index in [1.165, 1.54) is 76.9 Å². The van der Waals surface area contributed by atoms with Gasteiger partial charge in [0.2, 0.25) is 0 Å². The summed E-state index contributed by atoms with van der Waals surface area (Å²) in [4.78, 5) is 0. The Morgan fingerprint density at radius 2 is 1.02 bits per heavy atom. The molecule has 0 unspecified atom stereocenters. The van der Waals surface area contributed by atoms with E-state index in [0.717, 1.165) is 5.57 Å². The van der Waals surface area contributed by atoms with Gasteiger partial charge < -0.3 is 0 Å². The molecule has 0 heterocycles. The van der Waals surface area contributed by atoms with Crippen molar-refractivity contribution in [3.63, 3.8) is 0 Å². The van der Waals surface area contributed by atoms with Crippen LogP contribution in [0.15, 0.2) is 188 Å². The summed E-state index contributed by atoms with van der Waals surface area (Å²) in [6.45, 7) is 24.6. The molecule has 0 aromatic heterocycles. The first-order valence-corrected chi connectivity index (χ1v) is 19.7. The second-order valence-electron chi connectivity index (χ2n) is 12.1. The lowest BCUT2D eigenvalue weighted by molar-refractivity contribution is 1.39. The van der Waals surface area contributed by atoms with Crippen LogP contribution >= 0.6 is 0 Å². The zero-order valence-corrected chi connectivity index (χ0v) is 34.4. The smallest absolute Gasteiger partial charge is 0.00325 e. The lowest BCUT2D eigenvalue weighted by Crippen LogP contribution is -2.29. The van der Waals surface area contributed by atoms with E-state index >= 15 is 0 Å². The Balaban J connectivity index is 0.00000187. The summed E-state index contributed by atoms with van der Waals surface area (Å²) in [5.74, 6) is 0. The first-order chi connectivity index (χ1) is 26.5. The normalized spacial score (nSPS) is 12.1. The molecule has 0 nitrogen and oxygen atoms in total. The minimum atomic E-state index is 0. The lowest BCUT2D eigenvalue weighted by Gasteiger charge is -2.15. The van der Waals surface area contributed by atoms with Crippen molar-refractivity contribution in [3.8, 4) is 11.1 Å². The number of rotatable bonds is 8. The fourth-order valence-electron chi connectivity index (χ4n) is 6.58. The maximum absolute atomic E-state index is 4.06. The number of benzene rings is 6. The van der Waals surface area contributed by atoms with Gasteiger partial charge >= 0.3 is 0 Å². The number of fused-ring (bicyclic) bond motifs is 1. The summed E-state index contributed by atoms with van der Waals surface area (Å²) < 4.78 is 0. The Bertz CT molecular complexity index is 2310. The van der Waals surface area contributed by atoms with Crippen molar-refractivity contribution in [2.45, 2.75) is 84.1 Å². The molecule has 0 aliphatic rings. The molecule has 0 saturated heterocycles. The van der Waals surface area contributed by atoms with Gasteiger partial charge in [-0.3, -0.25) is 0 Å².